The number of aliphatic hydroxyl groups is 1. The van der Waals surface area contributed by atoms with Crippen LogP contribution >= 0.6 is 0 Å². The molecular weight excluding hydrogens is 386 g/mol. The molecule has 0 spiro atoms. The quantitative estimate of drug-likeness (QED) is 0.628. The number of hydrogen-bond donors (Lipinski definition) is 2. The molecular formula is C21H27N5O4. The van der Waals surface area contributed by atoms with Crippen LogP contribution < -0.4 is 20.9 Å². The summed E-state index contributed by atoms with van der Waals surface area (Å²) in [6.45, 7) is 3.80. The highest BCUT2D eigenvalue weighted by atomic mass is 16.5. The summed E-state index contributed by atoms with van der Waals surface area (Å²) in [5.74, 6) is 1.31. The summed E-state index contributed by atoms with van der Waals surface area (Å²) < 4.78 is 8.82. The summed E-state index contributed by atoms with van der Waals surface area (Å²) in [5.41, 5.74) is 0.573. The summed E-state index contributed by atoms with van der Waals surface area (Å²) in [4.78, 5) is 33.7. The number of fused-ring (bicyclic) bond motifs is 1. The van der Waals surface area contributed by atoms with E-state index in [-0.39, 0.29) is 18.7 Å². The number of hydrogen-bond acceptors (Lipinski definition) is 6. The van der Waals surface area contributed by atoms with Gasteiger partial charge in [0.1, 0.15) is 18.5 Å². The number of aryl methyl sites for hydroxylation is 2. The lowest BCUT2D eigenvalue weighted by atomic mass is 10.1. The van der Waals surface area contributed by atoms with Crippen molar-refractivity contribution < 1.29 is 9.84 Å². The van der Waals surface area contributed by atoms with Crippen LogP contribution in [0.5, 0.6) is 5.75 Å². The molecule has 3 aromatic rings. The molecule has 1 aromatic carbocycles. The molecule has 30 heavy (non-hydrogen) atoms. The molecule has 1 saturated heterocycles. The summed E-state index contributed by atoms with van der Waals surface area (Å²) in [6.07, 6.45) is 2.37. The number of imidazole rings is 1. The van der Waals surface area contributed by atoms with Gasteiger partial charge in [-0.15, -0.1) is 0 Å². The van der Waals surface area contributed by atoms with E-state index in [1.165, 1.54) is 4.57 Å². The largest absolute Gasteiger partial charge is 0.491 e. The minimum atomic E-state index is -0.859. The first-order valence-corrected chi connectivity index (χ1v) is 10.3. The van der Waals surface area contributed by atoms with Gasteiger partial charge in [0, 0.05) is 20.1 Å². The summed E-state index contributed by atoms with van der Waals surface area (Å²) in [7, 11) is 1.58. The third-order valence-electron chi connectivity index (χ3n) is 5.54. The van der Waals surface area contributed by atoms with E-state index in [4.69, 9.17) is 4.74 Å². The Morgan fingerprint density at radius 3 is 2.67 bits per heavy atom. The van der Waals surface area contributed by atoms with Gasteiger partial charge in [-0.1, -0.05) is 18.2 Å². The average Bonchev–Trinajstić information content (AvgIpc) is 3.12. The molecule has 4 rings (SSSR count). The number of H-pyrrole nitrogens is 1. The topological polar surface area (TPSA) is 105 Å². The Labute approximate surface area is 173 Å². The smallest absolute Gasteiger partial charge is 0.329 e. The molecule has 2 N–H and O–H groups in total. The van der Waals surface area contributed by atoms with E-state index in [2.05, 4.69) is 14.9 Å². The molecule has 9 heteroatoms. The number of nitrogens with zero attached hydrogens (tertiary/aromatic N) is 4. The van der Waals surface area contributed by atoms with Crippen molar-refractivity contribution in [1.29, 1.82) is 0 Å². The molecule has 9 nitrogen and oxygen atoms in total. The van der Waals surface area contributed by atoms with Gasteiger partial charge in [0.05, 0.1) is 6.54 Å². The number of aliphatic hydroxyl groups excluding tert-OH is 1. The van der Waals surface area contributed by atoms with Crippen LogP contribution in [0.3, 0.4) is 0 Å². The van der Waals surface area contributed by atoms with Gasteiger partial charge in [-0.2, -0.15) is 4.98 Å². The molecule has 1 aliphatic rings. The minimum absolute atomic E-state index is 0.0770. The number of aromatic amines is 1. The van der Waals surface area contributed by atoms with Gasteiger partial charge in [0.2, 0.25) is 5.95 Å². The van der Waals surface area contributed by atoms with E-state index in [1.807, 2.05) is 31.2 Å². The molecule has 1 aliphatic heterocycles. The maximum absolute atomic E-state index is 12.6. The first kappa shape index (κ1) is 20.2. The van der Waals surface area contributed by atoms with E-state index in [0.29, 0.717) is 17.3 Å². The van der Waals surface area contributed by atoms with Crippen molar-refractivity contribution in [3.05, 3.63) is 50.7 Å². The zero-order valence-electron chi connectivity index (χ0n) is 17.3. The third kappa shape index (κ3) is 3.85. The van der Waals surface area contributed by atoms with Gasteiger partial charge in [-0.3, -0.25) is 14.3 Å². The van der Waals surface area contributed by atoms with Crippen LogP contribution in [0.15, 0.2) is 33.9 Å². The number of para-hydroxylation sites is 1. The van der Waals surface area contributed by atoms with E-state index in [9.17, 15) is 14.7 Å². The number of ether oxygens (including phenoxy) is 1. The van der Waals surface area contributed by atoms with Crippen molar-refractivity contribution in [2.24, 2.45) is 7.05 Å². The standard InChI is InChI=1S/C21H27N5O4/c1-14-8-4-5-9-16(14)30-13-15(27)12-26-17-18(24(2)21(29)23-19(17)28)22-20(26)25-10-6-3-7-11-25/h4-5,8-9,15,27H,3,6-7,10-13H2,1-2H3,(H,23,28,29)/t15-/m0/s1. The van der Waals surface area contributed by atoms with Crippen molar-refractivity contribution in [2.45, 2.75) is 38.8 Å². The van der Waals surface area contributed by atoms with Gasteiger partial charge in [-0.25, -0.2) is 4.79 Å². The molecule has 0 saturated carbocycles. The molecule has 2 aromatic heterocycles. The van der Waals surface area contributed by atoms with Crippen LogP contribution in [0.25, 0.3) is 11.2 Å². The number of anilines is 1. The Bertz CT molecular complexity index is 1160. The van der Waals surface area contributed by atoms with Crippen LogP contribution in [0, 0.1) is 6.92 Å². The van der Waals surface area contributed by atoms with E-state index >= 15 is 0 Å². The van der Waals surface area contributed by atoms with Crippen LogP contribution in [0.4, 0.5) is 5.95 Å². The summed E-state index contributed by atoms with van der Waals surface area (Å²) in [5, 5.41) is 10.7. The van der Waals surface area contributed by atoms with Crippen LogP contribution in [-0.4, -0.2) is 50.0 Å². The van der Waals surface area contributed by atoms with Gasteiger partial charge in [0.15, 0.2) is 11.2 Å². The normalized spacial score (nSPS) is 15.5. The minimum Gasteiger partial charge on any atom is -0.491 e. The van der Waals surface area contributed by atoms with Gasteiger partial charge in [-0.05, 0) is 37.8 Å². The molecule has 160 valence electrons. The molecule has 0 amide bonds. The summed E-state index contributed by atoms with van der Waals surface area (Å²) in [6, 6.07) is 7.61. The number of benzene rings is 1. The Balaban J connectivity index is 1.67. The van der Waals surface area contributed by atoms with Crippen LogP contribution in [0.1, 0.15) is 24.8 Å². The Hall–Kier alpha value is -3.07. The zero-order valence-corrected chi connectivity index (χ0v) is 17.3. The molecule has 1 fully saturated rings. The number of aromatic nitrogens is 4. The van der Waals surface area contributed by atoms with Crippen molar-refractivity contribution >= 4 is 17.1 Å². The van der Waals surface area contributed by atoms with Gasteiger partial charge in [0.25, 0.3) is 5.56 Å². The average molecular weight is 413 g/mol. The highest BCUT2D eigenvalue weighted by Gasteiger charge is 2.24. The second-order valence-electron chi connectivity index (χ2n) is 7.79. The fraction of sp³-hybridized carbons (Fsp3) is 0.476. The monoisotopic (exact) mass is 413 g/mol. The lowest BCUT2D eigenvalue weighted by Crippen LogP contribution is -2.34. The van der Waals surface area contributed by atoms with Crippen molar-refractivity contribution in [3.8, 4) is 5.75 Å². The molecule has 0 aliphatic carbocycles. The fourth-order valence-corrected chi connectivity index (χ4v) is 3.90. The maximum Gasteiger partial charge on any atom is 0.329 e. The highest BCUT2D eigenvalue weighted by Crippen LogP contribution is 2.23. The van der Waals surface area contributed by atoms with Crippen molar-refractivity contribution in [1.82, 2.24) is 19.1 Å². The van der Waals surface area contributed by atoms with E-state index in [0.717, 1.165) is 37.9 Å². The molecule has 0 radical (unpaired) electrons. The second kappa shape index (κ2) is 8.35. The van der Waals surface area contributed by atoms with Crippen LogP contribution in [0.2, 0.25) is 0 Å². The van der Waals surface area contributed by atoms with E-state index in [1.54, 1.807) is 11.6 Å². The Morgan fingerprint density at radius 2 is 1.93 bits per heavy atom. The molecule has 0 bridgehead atoms. The first-order chi connectivity index (χ1) is 14.5. The van der Waals surface area contributed by atoms with Gasteiger partial charge >= 0.3 is 5.69 Å². The first-order valence-electron chi connectivity index (χ1n) is 10.3. The number of nitrogens with one attached hydrogen (secondary N) is 1. The fourth-order valence-electron chi connectivity index (χ4n) is 3.90. The predicted octanol–water partition coefficient (Wildman–Crippen LogP) is 1.16. The Kier molecular flexibility index (Phi) is 5.63. The van der Waals surface area contributed by atoms with Crippen molar-refractivity contribution in [2.75, 3.05) is 24.6 Å². The zero-order chi connectivity index (χ0) is 21.3. The predicted molar refractivity (Wildman–Crippen MR) is 114 cm³/mol. The highest BCUT2D eigenvalue weighted by molar-refractivity contribution is 5.74. The number of rotatable bonds is 6. The maximum atomic E-state index is 12.6. The third-order valence-corrected chi connectivity index (χ3v) is 5.54. The molecule has 0 unspecified atom stereocenters. The van der Waals surface area contributed by atoms with Gasteiger partial charge < -0.3 is 19.3 Å². The van der Waals surface area contributed by atoms with Crippen LogP contribution in [-0.2, 0) is 13.6 Å². The molecule has 1 atom stereocenters. The Morgan fingerprint density at radius 1 is 1.20 bits per heavy atom. The SMILES string of the molecule is Cc1ccccc1OC[C@@H](O)Cn1c(N2CCCCC2)nc2c1c(=O)[nH]c(=O)n2C. The molecule has 3 heterocycles. The van der Waals surface area contributed by atoms with E-state index < -0.39 is 17.4 Å². The number of piperidine rings is 1. The summed E-state index contributed by atoms with van der Waals surface area (Å²) >= 11 is 0. The second-order valence-corrected chi connectivity index (χ2v) is 7.79. The van der Waals surface area contributed by atoms with Crippen molar-refractivity contribution in [3.63, 3.8) is 0 Å². The lowest BCUT2D eigenvalue weighted by Gasteiger charge is -2.28. The lowest BCUT2D eigenvalue weighted by molar-refractivity contribution is 0.0933.